The number of Topliss-reactive ketones (excluding diaryl/α,β-unsaturated/α-hetero) is 1. The number of aryl methyl sites for hydroxylation is 3. The summed E-state index contributed by atoms with van der Waals surface area (Å²) in [5.41, 5.74) is 3.68. The second kappa shape index (κ2) is 6.94. The molecule has 1 rings (SSSR count). The lowest BCUT2D eigenvalue weighted by molar-refractivity contribution is -0.141. The van der Waals surface area contributed by atoms with Gasteiger partial charge in [0.05, 0.1) is 13.5 Å². The van der Waals surface area contributed by atoms with Crippen molar-refractivity contribution >= 4 is 11.8 Å². The summed E-state index contributed by atoms with van der Waals surface area (Å²) in [6.45, 7) is 4.14. The molecule has 0 aromatic heterocycles. The Bertz CT molecular complexity index is 435. The molecule has 3 heteroatoms. The molecule has 0 unspecified atom stereocenters. The molecular formula is C15H20O3. The van der Waals surface area contributed by atoms with E-state index in [-0.39, 0.29) is 24.6 Å². The number of benzene rings is 1. The summed E-state index contributed by atoms with van der Waals surface area (Å²) in [7, 11) is 1.34. The lowest BCUT2D eigenvalue weighted by Crippen LogP contribution is -2.06. The number of rotatable bonds is 6. The van der Waals surface area contributed by atoms with Crippen molar-refractivity contribution in [2.24, 2.45) is 0 Å². The first-order valence-electron chi connectivity index (χ1n) is 6.17. The molecule has 0 saturated carbocycles. The van der Waals surface area contributed by atoms with E-state index >= 15 is 0 Å². The van der Waals surface area contributed by atoms with Gasteiger partial charge in [-0.3, -0.25) is 9.59 Å². The molecule has 1 aromatic rings. The van der Waals surface area contributed by atoms with E-state index in [9.17, 15) is 9.59 Å². The van der Waals surface area contributed by atoms with E-state index in [0.29, 0.717) is 6.42 Å². The van der Waals surface area contributed by atoms with E-state index in [1.165, 1.54) is 23.8 Å². The fourth-order valence-corrected chi connectivity index (χ4v) is 1.71. The Labute approximate surface area is 108 Å². The minimum atomic E-state index is -0.325. The van der Waals surface area contributed by atoms with Crippen LogP contribution in [0.5, 0.6) is 0 Å². The summed E-state index contributed by atoms with van der Waals surface area (Å²) in [4.78, 5) is 22.5. The predicted molar refractivity (Wildman–Crippen MR) is 70.5 cm³/mol. The quantitative estimate of drug-likeness (QED) is 0.727. The van der Waals surface area contributed by atoms with Crippen LogP contribution in [0.4, 0.5) is 0 Å². The van der Waals surface area contributed by atoms with E-state index in [0.717, 1.165) is 6.42 Å². The second-order valence-corrected chi connectivity index (χ2v) is 4.53. The summed E-state index contributed by atoms with van der Waals surface area (Å²) in [5, 5.41) is 0. The first-order chi connectivity index (χ1) is 8.52. The van der Waals surface area contributed by atoms with Crippen LogP contribution in [0.2, 0.25) is 0 Å². The van der Waals surface area contributed by atoms with Gasteiger partial charge in [0.1, 0.15) is 5.78 Å². The van der Waals surface area contributed by atoms with Crippen LogP contribution in [-0.4, -0.2) is 18.9 Å². The number of hydrogen-bond acceptors (Lipinski definition) is 3. The van der Waals surface area contributed by atoms with Gasteiger partial charge in [-0.15, -0.1) is 0 Å². The van der Waals surface area contributed by atoms with Crippen LogP contribution in [-0.2, 0) is 20.7 Å². The molecule has 0 saturated heterocycles. The van der Waals surface area contributed by atoms with E-state index in [2.05, 4.69) is 36.8 Å². The first-order valence-corrected chi connectivity index (χ1v) is 6.17. The number of ether oxygens (including phenoxy) is 1. The van der Waals surface area contributed by atoms with Gasteiger partial charge in [0.15, 0.2) is 0 Å². The Morgan fingerprint density at radius 2 is 1.78 bits per heavy atom. The average Bonchev–Trinajstić information content (AvgIpc) is 2.37. The lowest BCUT2D eigenvalue weighted by atomic mass is 10.0. The minimum absolute atomic E-state index is 0.110. The second-order valence-electron chi connectivity index (χ2n) is 4.53. The molecule has 0 bridgehead atoms. The summed E-state index contributed by atoms with van der Waals surface area (Å²) in [5.74, 6) is -0.215. The monoisotopic (exact) mass is 248 g/mol. The zero-order valence-electron chi connectivity index (χ0n) is 11.3. The van der Waals surface area contributed by atoms with Crippen molar-refractivity contribution in [3.8, 4) is 0 Å². The lowest BCUT2D eigenvalue weighted by Gasteiger charge is -2.05. The molecule has 0 aliphatic heterocycles. The fraction of sp³-hybridized carbons (Fsp3) is 0.467. The van der Waals surface area contributed by atoms with Crippen LogP contribution in [0.25, 0.3) is 0 Å². The highest BCUT2D eigenvalue weighted by molar-refractivity contribution is 5.83. The van der Waals surface area contributed by atoms with Crippen LogP contribution < -0.4 is 0 Å². The fourth-order valence-electron chi connectivity index (χ4n) is 1.71. The maximum atomic E-state index is 11.6. The molecule has 98 valence electrons. The highest BCUT2D eigenvalue weighted by Gasteiger charge is 2.07. The van der Waals surface area contributed by atoms with Crippen molar-refractivity contribution in [2.45, 2.75) is 39.5 Å². The van der Waals surface area contributed by atoms with Gasteiger partial charge >= 0.3 is 5.97 Å². The normalized spacial score (nSPS) is 10.2. The maximum absolute atomic E-state index is 11.6. The third kappa shape index (κ3) is 4.70. The van der Waals surface area contributed by atoms with E-state index in [4.69, 9.17) is 0 Å². The molecule has 0 amide bonds. The zero-order chi connectivity index (χ0) is 13.5. The molecule has 3 nitrogen and oxygen atoms in total. The Balaban J connectivity index is 2.38. The molecule has 0 aliphatic carbocycles. The van der Waals surface area contributed by atoms with Crippen molar-refractivity contribution in [1.82, 2.24) is 0 Å². The highest BCUT2D eigenvalue weighted by atomic mass is 16.5. The molecule has 1 aromatic carbocycles. The number of carbonyl (C=O) groups is 2. The van der Waals surface area contributed by atoms with E-state index in [1.54, 1.807) is 0 Å². The summed E-state index contributed by atoms with van der Waals surface area (Å²) in [6.07, 6.45) is 1.68. The summed E-state index contributed by atoms with van der Waals surface area (Å²) < 4.78 is 4.50. The molecular weight excluding hydrogens is 228 g/mol. The van der Waals surface area contributed by atoms with Gasteiger partial charge in [0.25, 0.3) is 0 Å². The van der Waals surface area contributed by atoms with Crippen molar-refractivity contribution < 1.29 is 14.3 Å². The van der Waals surface area contributed by atoms with Gasteiger partial charge in [-0.25, -0.2) is 0 Å². The van der Waals surface area contributed by atoms with Gasteiger partial charge in [-0.2, -0.15) is 0 Å². The van der Waals surface area contributed by atoms with Crippen LogP contribution in [0.1, 0.15) is 36.0 Å². The molecule has 18 heavy (non-hydrogen) atoms. The minimum Gasteiger partial charge on any atom is -0.469 e. The van der Waals surface area contributed by atoms with Gasteiger partial charge in [0, 0.05) is 12.8 Å². The van der Waals surface area contributed by atoms with Crippen molar-refractivity contribution in [1.29, 1.82) is 0 Å². The van der Waals surface area contributed by atoms with Crippen molar-refractivity contribution in [3.63, 3.8) is 0 Å². The van der Waals surface area contributed by atoms with E-state index in [1.807, 2.05) is 0 Å². The standard InChI is InChI=1S/C15H20O3/c1-11-4-5-13(10-12(11)2)6-7-14(16)8-9-15(17)18-3/h4-5,10H,6-9H2,1-3H3. The highest BCUT2D eigenvalue weighted by Crippen LogP contribution is 2.12. The number of methoxy groups -OCH3 is 1. The van der Waals surface area contributed by atoms with Gasteiger partial charge in [0.2, 0.25) is 0 Å². The molecule has 0 radical (unpaired) electrons. The zero-order valence-corrected chi connectivity index (χ0v) is 11.3. The van der Waals surface area contributed by atoms with Gasteiger partial charge in [-0.05, 0) is 37.0 Å². The SMILES string of the molecule is COC(=O)CCC(=O)CCc1ccc(C)c(C)c1. The van der Waals surface area contributed by atoms with E-state index < -0.39 is 0 Å². The van der Waals surface area contributed by atoms with Crippen molar-refractivity contribution in [3.05, 3.63) is 34.9 Å². The first kappa shape index (κ1) is 14.4. The molecule has 0 fully saturated rings. The molecule has 0 heterocycles. The third-order valence-corrected chi connectivity index (χ3v) is 3.10. The Hall–Kier alpha value is -1.64. The molecule has 0 atom stereocenters. The molecule has 0 spiro atoms. The predicted octanol–water partition coefficient (Wildman–Crippen LogP) is 2.76. The maximum Gasteiger partial charge on any atom is 0.305 e. The molecule has 0 N–H and O–H groups in total. The Morgan fingerprint density at radius 1 is 1.06 bits per heavy atom. The third-order valence-electron chi connectivity index (χ3n) is 3.10. The number of esters is 1. The Kier molecular flexibility index (Phi) is 5.56. The van der Waals surface area contributed by atoms with Crippen LogP contribution >= 0.6 is 0 Å². The van der Waals surface area contributed by atoms with Crippen LogP contribution in [0, 0.1) is 13.8 Å². The number of ketones is 1. The van der Waals surface area contributed by atoms with Gasteiger partial charge < -0.3 is 4.74 Å². The summed E-state index contributed by atoms with van der Waals surface area (Å²) >= 11 is 0. The van der Waals surface area contributed by atoms with Crippen LogP contribution in [0.3, 0.4) is 0 Å². The average molecular weight is 248 g/mol. The summed E-state index contributed by atoms with van der Waals surface area (Å²) in [6, 6.07) is 6.24. The van der Waals surface area contributed by atoms with Gasteiger partial charge in [-0.1, -0.05) is 18.2 Å². The largest absolute Gasteiger partial charge is 0.469 e. The Morgan fingerprint density at radius 3 is 2.39 bits per heavy atom. The topological polar surface area (TPSA) is 43.4 Å². The van der Waals surface area contributed by atoms with Crippen molar-refractivity contribution in [2.75, 3.05) is 7.11 Å². The number of carbonyl (C=O) groups excluding carboxylic acids is 2. The number of hydrogen-bond donors (Lipinski definition) is 0. The molecule has 0 aliphatic rings. The smallest absolute Gasteiger partial charge is 0.305 e. The van der Waals surface area contributed by atoms with Crippen LogP contribution in [0.15, 0.2) is 18.2 Å².